The molecule has 4 rings (SSSR count). The summed E-state index contributed by atoms with van der Waals surface area (Å²) in [6, 6.07) is 15.1. The van der Waals surface area contributed by atoms with E-state index in [0.29, 0.717) is 6.04 Å². The molecule has 0 amide bonds. The number of aliphatic carboxylic acids is 1. The van der Waals surface area contributed by atoms with E-state index < -0.39 is 5.97 Å². The Kier molecular flexibility index (Phi) is 3.23. The average Bonchev–Trinajstić information content (AvgIpc) is 2.52. The number of carboxylic acid groups (broad SMARTS) is 1. The summed E-state index contributed by atoms with van der Waals surface area (Å²) in [5, 5.41) is 9.21. The van der Waals surface area contributed by atoms with Crippen LogP contribution >= 0.6 is 0 Å². The number of hydrogen-bond donors (Lipinski definition) is 1. The summed E-state index contributed by atoms with van der Waals surface area (Å²) in [5.41, 5.74) is 6.41. The summed E-state index contributed by atoms with van der Waals surface area (Å²) in [6.45, 7) is 2.03. The molecule has 2 heterocycles. The van der Waals surface area contributed by atoms with E-state index in [4.69, 9.17) is 0 Å². The lowest BCUT2D eigenvalue weighted by Crippen LogP contribution is -2.40. The van der Waals surface area contributed by atoms with Crippen LogP contribution in [0.15, 0.2) is 42.5 Å². The fraction of sp³-hybridized carbons (Fsp3) is 0.316. The van der Waals surface area contributed by atoms with E-state index in [1.54, 1.807) is 0 Å². The molecule has 2 aromatic rings. The van der Waals surface area contributed by atoms with E-state index in [2.05, 4.69) is 35.2 Å². The summed E-state index contributed by atoms with van der Waals surface area (Å²) in [6.07, 6.45) is 2.12. The third kappa shape index (κ3) is 2.22. The van der Waals surface area contributed by atoms with Gasteiger partial charge in [0.05, 0.1) is 6.42 Å². The Labute approximate surface area is 130 Å². The third-order valence-electron chi connectivity index (χ3n) is 4.98. The highest BCUT2D eigenvalue weighted by molar-refractivity contribution is 5.71. The molecule has 3 nitrogen and oxygen atoms in total. The first-order valence-corrected chi connectivity index (χ1v) is 7.85. The third-order valence-corrected chi connectivity index (χ3v) is 4.98. The molecule has 22 heavy (non-hydrogen) atoms. The van der Waals surface area contributed by atoms with Gasteiger partial charge in [0.15, 0.2) is 0 Å². The largest absolute Gasteiger partial charge is 0.481 e. The Hall–Kier alpha value is -2.13. The lowest BCUT2D eigenvalue weighted by Gasteiger charge is -2.42. The van der Waals surface area contributed by atoms with Gasteiger partial charge in [-0.3, -0.25) is 9.69 Å². The van der Waals surface area contributed by atoms with Crippen molar-refractivity contribution >= 4 is 5.97 Å². The molecule has 0 aromatic heterocycles. The molecule has 0 fully saturated rings. The Morgan fingerprint density at radius 3 is 2.68 bits per heavy atom. The molecule has 0 saturated carbocycles. The molecule has 2 aromatic carbocycles. The average molecular weight is 293 g/mol. The quantitative estimate of drug-likeness (QED) is 0.925. The smallest absolute Gasteiger partial charge is 0.307 e. The van der Waals surface area contributed by atoms with Crippen LogP contribution in [0.4, 0.5) is 0 Å². The number of carboxylic acids is 1. The minimum atomic E-state index is -0.748. The summed E-state index contributed by atoms with van der Waals surface area (Å²) in [4.78, 5) is 13.7. The molecule has 0 bridgehead atoms. The fourth-order valence-corrected chi connectivity index (χ4v) is 3.99. The minimum absolute atomic E-state index is 0.120. The minimum Gasteiger partial charge on any atom is -0.481 e. The molecule has 112 valence electrons. The number of fused-ring (bicyclic) bond motifs is 4. The van der Waals surface area contributed by atoms with Crippen molar-refractivity contribution in [2.24, 2.45) is 0 Å². The number of rotatable bonds is 2. The van der Waals surface area contributed by atoms with Crippen molar-refractivity contribution in [3.8, 4) is 0 Å². The van der Waals surface area contributed by atoms with E-state index in [-0.39, 0.29) is 6.42 Å². The number of benzene rings is 2. The maximum Gasteiger partial charge on any atom is 0.307 e. The molecular weight excluding hydrogens is 274 g/mol. The molecule has 1 unspecified atom stereocenters. The molecule has 0 saturated heterocycles. The van der Waals surface area contributed by atoms with Crippen molar-refractivity contribution in [3.63, 3.8) is 0 Å². The number of nitrogens with zero attached hydrogens (tertiary/aromatic N) is 1. The van der Waals surface area contributed by atoms with Gasteiger partial charge in [-0.05, 0) is 40.7 Å². The van der Waals surface area contributed by atoms with E-state index >= 15 is 0 Å². The van der Waals surface area contributed by atoms with Crippen LogP contribution in [0, 0.1) is 0 Å². The van der Waals surface area contributed by atoms with Gasteiger partial charge in [0.2, 0.25) is 0 Å². The Bertz CT molecular complexity index is 738. The van der Waals surface area contributed by atoms with Gasteiger partial charge in [-0.15, -0.1) is 0 Å². The molecular formula is C19H19NO2. The first-order valence-electron chi connectivity index (χ1n) is 7.85. The zero-order chi connectivity index (χ0) is 15.1. The van der Waals surface area contributed by atoms with Gasteiger partial charge in [0.1, 0.15) is 0 Å². The number of hydrogen-bond acceptors (Lipinski definition) is 2. The van der Waals surface area contributed by atoms with Crippen LogP contribution in [0.1, 0.15) is 33.9 Å². The van der Waals surface area contributed by atoms with Gasteiger partial charge in [-0.25, -0.2) is 0 Å². The Morgan fingerprint density at radius 1 is 1.09 bits per heavy atom. The van der Waals surface area contributed by atoms with Crippen molar-refractivity contribution in [2.45, 2.75) is 31.8 Å². The van der Waals surface area contributed by atoms with Gasteiger partial charge in [-0.1, -0.05) is 42.5 Å². The van der Waals surface area contributed by atoms with Crippen LogP contribution in [0.2, 0.25) is 0 Å². The molecule has 0 radical (unpaired) electrons. The molecule has 0 aliphatic carbocycles. The number of carbonyl (C=O) groups is 1. The van der Waals surface area contributed by atoms with E-state index in [9.17, 15) is 9.90 Å². The fourth-order valence-electron chi connectivity index (χ4n) is 3.99. The summed E-state index contributed by atoms with van der Waals surface area (Å²) >= 11 is 0. The maximum absolute atomic E-state index is 11.2. The van der Waals surface area contributed by atoms with Crippen LogP contribution in [-0.2, 0) is 30.6 Å². The molecule has 2 aliphatic rings. The van der Waals surface area contributed by atoms with Gasteiger partial charge in [-0.2, -0.15) is 0 Å². The maximum atomic E-state index is 11.2. The van der Waals surface area contributed by atoms with Crippen LogP contribution in [0.5, 0.6) is 0 Å². The zero-order valence-electron chi connectivity index (χ0n) is 12.5. The van der Waals surface area contributed by atoms with Crippen molar-refractivity contribution in [1.29, 1.82) is 0 Å². The lowest BCUT2D eigenvalue weighted by atomic mass is 9.81. The van der Waals surface area contributed by atoms with Crippen LogP contribution in [0.25, 0.3) is 0 Å². The zero-order valence-corrected chi connectivity index (χ0v) is 12.5. The second-order valence-electron chi connectivity index (χ2n) is 6.27. The van der Waals surface area contributed by atoms with E-state index in [1.165, 1.54) is 22.3 Å². The molecule has 2 aliphatic heterocycles. The van der Waals surface area contributed by atoms with Crippen molar-refractivity contribution in [2.75, 3.05) is 6.54 Å². The predicted molar refractivity (Wildman–Crippen MR) is 84.8 cm³/mol. The lowest BCUT2D eigenvalue weighted by molar-refractivity contribution is -0.136. The summed E-state index contributed by atoms with van der Waals surface area (Å²) in [7, 11) is 0. The molecule has 1 N–H and O–H groups in total. The highest BCUT2D eigenvalue weighted by Gasteiger charge is 2.33. The van der Waals surface area contributed by atoms with Crippen molar-refractivity contribution in [3.05, 3.63) is 70.3 Å². The second-order valence-corrected chi connectivity index (χ2v) is 6.27. The van der Waals surface area contributed by atoms with Gasteiger partial charge in [0.25, 0.3) is 0 Å². The van der Waals surface area contributed by atoms with Crippen LogP contribution in [-0.4, -0.2) is 22.5 Å². The molecule has 3 heteroatoms. The standard InChI is InChI=1S/C19H19NO2/c21-18(22)11-15-7-3-6-13-8-9-20-12-16-5-2-1-4-14(16)10-17(20)19(13)15/h1-7,17H,8-12H2,(H,21,22). The first-order chi connectivity index (χ1) is 10.7. The highest BCUT2D eigenvalue weighted by atomic mass is 16.4. The normalized spacial score (nSPS) is 19.9. The van der Waals surface area contributed by atoms with E-state index in [0.717, 1.165) is 31.5 Å². The van der Waals surface area contributed by atoms with Crippen molar-refractivity contribution in [1.82, 2.24) is 4.90 Å². The second kappa shape index (κ2) is 5.25. The SMILES string of the molecule is O=C(O)Cc1cccc2c1C1Cc3ccccc3CN1CC2. The summed E-state index contributed by atoms with van der Waals surface area (Å²) < 4.78 is 0. The summed E-state index contributed by atoms with van der Waals surface area (Å²) in [5.74, 6) is -0.748. The Morgan fingerprint density at radius 2 is 1.86 bits per heavy atom. The predicted octanol–water partition coefficient (Wildman–Crippen LogP) is 2.97. The highest BCUT2D eigenvalue weighted by Crippen LogP contribution is 2.39. The molecule has 1 atom stereocenters. The monoisotopic (exact) mass is 293 g/mol. The molecule has 0 spiro atoms. The first kappa shape index (κ1) is 13.5. The topological polar surface area (TPSA) is 40.5 Å². The van der Waals surface area contributed by atoms with E-state index in [1.807, 2.05) is 12.1 Å². The van der Waals surface area contributed by atoms with Gasteiger partial charge >= 0.3 is 5.97 Å². The van der Waals surface area contributed by atoms with Crippen molar-refractivity contribution < 1.29 is 9.90 Å². The Balaban J connectivity index is 1.78. The van der Waals surface area contributed by atoms with Gasteiger partial charge < -0.3 is 5.11 Å². The van der Waals surface area contributed by atoms with Crippen LogP contribution < -0.4 is 0 Å². The van der Waals surface area contributed by atoms with Crippen LogP contribution in [0.3, 0.4) is 0 Å². The van der Waals surface area contributed by atoms with Gasteiger partial charge in [0, 0.05) is 19.1 Å².